The molecule has 1 N–H and O–H groups in total. The number of hydrogen-bond acceptors (Lipinski definition) is 4. The predicted molar refractivity (Wildman–Crippen MR) is 92.3 cm³/mol. The van der Waals surface area contributed by atoms with Crippen LogP contribution in [0.25, 0.3) is 0 Å². The Morgan fingerprint density at radius 1 is 1.21 bits per heavy atom. The average Bonchev–Trinajstić information content (AvgIpc) is 2.55. The van der Waals surface area contributed by atoms with Gasteiger partial charge in [0.2, 0.25) is 0 Å². The van der Waals surface area contributed by atoms with E-state index in [2.05, 4.69) is 5.32 Å². The molecule has 0 unspecified atom stereocenters. The number of carbonyl (C=O) groups excluding carboxylic acids is 1. The quantitative estimate of drug-likeness (QED) is 0.641. The number of para-hydroxylation sites is 1. The smallest absolute Gasteiger partial charge is 0.271 e. The minimum Gasteiger partial charge on any atom is -0.480 e. The lowest BCUT2D eigenvalue weighted by molar-refractivity contribution is -0.384. The Bertz CT molecular complexity index is 758. The van der Waals surface area contributed by atoms with Crippen molar-refractivity contribution in [1.29, 1.82) is 0 Å². The number of nitrogens with one attached hydrogen (secondary N) is 1. The van der Waals surface area contributed by atoms with Gasteiger partial charge in [-0.2, -0.15) is 0 Å². The van der Waals surface area contributed by atoms with Gasteiger partial charge in [0.25, 0.3) is 11.6 Å². The van der Waals surface area contributed by atoms with Gasteiger partial charge in [0.15, 0.2) is 6.10 Å². The molecular formula is C18H20N2O4. The molecule has 0 heterocycles. The van der Waals surface area contributed by atoms with Gasteiger partial charge in [0, 0.05) is 12.1 Å². The minimum absolute atomic E-state index is 0.0660. The van der Waals surface area contributed by atoms with Crippen LogP contribution >= 0.6 is 0 Å². The zero-order chi connectivity index (χ0) is 17.7. The number of hydrogen-bond donors (Lipinski definition) is 1. The van der Waals surface area contributed by atoms with E-state index in [0.29, 0.717) is 17.9 Å². The molecule has 0 aliphatic rings. The fraction of sp³-hybridized carbons (Fsp3) is 0.278. The summed E-state index contributed by atoms with van der Waals surface area (Å²) in [6.45, 7) is 5.54. The summed E-state index contributed by atoms with van der Waals surface area (Å²) in [7, 11) is 0. The van der Waals surface area contributed by atoms with Crippen LogP contribution in [0.3, 0.4) is 0 Å². The lowest BCUT2D eigenvalue weighted by Gasteiger charge is -2.19. The van der Waals surface area contributed by atoms with Crippen LogP contribution < -0.4 is 10.1 Å². The maximum Gasteiger partial charge on any atom is 0.271 e. The predicted octanol–water partition coefficient (Wildman–Crippen LogP) is 4.01. The van der Waals surface area contributed by atoms with Gasteiger partial charge >= 0.3 is 0 Å². The van der Waals surface area contributed by atoms with E-state index in [1.165, 1.54) is 12.1 Å². The van der Waals surface area contributed by atoms with Gasteiger partial charge in [0.05, 0.1) is 10.6 Å². The van der Waals surface area contributed by atoms with Crippen LogP contribution in [-0.4, -0.2) is 16.9 Å². The molecule has 0 saturated heterocycles. The van der Waals surface area contributed by atoms with Crippen LogP contribution in [0.5, 0.6) is 5.75 Å². The summed E-state index contributed by atoms with van der Waals surface area (Å²) < 4.78 is 5.80. The first-order valence-electron chi connectivity index (χ1n) is 7.70. The second-order valence-corrected chi connectivity index (χ2v) is 5.53. The molecule has 6 heteroatoms. The van der Waals surface area contributed by atoms with Crippen LogP contribution in [0.1, 0.15) is 24.5 Å². The normalized spacial score (nSPS) is 11.6. The summed E-state index contributed by atoms with van der Waals surface area (Å²) in [4.78, 5) is 22.9. The number of carbonyl (C=O) groups is 1. The molecule has 2 aromatic rings. The number of nitrogens with zero attached hydrogens (tertiary/aromatic N) is 1. The first-order valence-corrected chi connectivity index (χ1v) is 7.70. The molecule has 0 aliphatic carbocycles. The molecule has 0 spiro atoms. The Morgan fingerprint density at radius 2 is 1.92 bits per heavy atom. The largest absolute Gasteiger partial charge is 0.480 e. The van der Waals surface area contributed by atoms with Crippen molar-refractivity contribution in [2.45, 2.75) is 33.3 Å². The van der Waals surface area contributed by atoms with Gasteiger partial charge < -0.3 is 10.1 Å². The van der Waals surface area contributed by atoms with Crippen molar-refractivity contribution in [3.05, 3.63) is 63.7 Å². The van der Waals surface area contributed by atoms with E-state index < -0.39 is 11.0 Å². The third-order valence-corrected chi connectivity index (χ3v) is 3.72. The van der Waals surface area contributed by atoms with Crippen molar-refractivity contribution in [3.63, 3.8) is 0 Å². The number of nitro groups is 1. The van der Waals surface area contributed by atoms with E-state index in [0.717, 1.165) is 11.1 Å². The molecule has 2 aromatic carbocycles. The van der Waals surface area contributed by atoms with Gasteiger partial charge in [-0.1, -0.05) is 31.2 Å². The second kappa shape index (κ2) is 7.59. The number of nitro benzene ring substituents is 1. The molecule has 0 aromatic heterocycles. The van der Waals surface area contributed by atoms with E-state index in [-0.39, 0.29) is 11.6 Å². The van der Waals surface area contributed by atoms with Crippen LogP contribution in [-0.2, 0) is 4.79 Å². The molecule has 1 amide bonds. The first kappa shape index (κ1) is 17.5. The topological polar surface area (TPSA) is 81.5 Å². The van der Waals surface area contributed by atoms with Crippen LogP contribution in [0, 0.1) is 24.0 Å². The molecular weight excluding hydrogens is 308 g/mol. The molecule has 126 valence electrons. The zero-order valence-corrected chi connectivity index (χ0v) is 13.9. The molecule has 0 fully saturated rings. The molecule has 6 nitrogen and oxygen atoms in total. The van der Waals surface area contributed by atoms with E-state index in [1.54, 1.807) is 13.0 Å². The average molecular weight is 328 g/mol. The number of rotatable bonds is 6. The van der Waals surface area contributed by atoms with Crippen LogP contribution in [0.4, 0.5) is 11.4 Å². The second-order valence-electron chi connectivity index (χ2n) is 5.53. The lowest BCUT2D eigenvalue weighted by atomic mass is 10.1. The first-order chi connectivity index (χ1) is 11.4. The third-order valence-electron chi connectivity index (χ3n) is 3.72. The van der Waals surface area contributed by atoms with Crippen molar-refractivity contribution in [3.8, 4) is 5.75 Å². The third kappa shape index (κ3) is 4.10. The fourth-order valence-corrected chi connectivity index (χ4v) is 2.24. The molecule has 1 atom stereocenters. The Kier molecular flexibility index (Phi) is 5.52. The molecule has 0 radical (unpaired) electrons. The Labute approximate surface area is 140 Å². The SMILES string of the molecule is CC[C@H](Oc1ccccc1C)C(=O)Nc1cc([N+](=O)[O-])ccc1C. The molecule has 0 bridgehead atoms. The number of non-ortho nitro benzene ring substituents is 1. The summed E-state index contributed by atoms with van der Waals surface area (Å²) in [5, 5.41) is 13.6. The van der Waals surface area contributed by atoms with Crippen molar-refractivity contribution >= 4 is 17.3 Å². The van der Waals surface area contributed by atoms with Crippen molar-refractivity contribution in [2.24, 2.45) is 0 Å². The maximum absolute atomic E-state index is 12.5. The highest BCUT2D eigenvalue weighted by Gasteiger charge is 2.20. The Hall–Kier alpha value is -2.89. The summed E-state index contributed by atoms with van der Waals surface area (Å²) in [6.07, 6.45) is -0.196. The van der Waals surface area contributed by atoms with Gasteiger partial charge in [-0.25, -0.2) is 0 Å². The van der Waals surface area contributed by atoms with E-state index in [9.17, 15) is 14.9 Å². The van der Waals surface area contributed by atoms with Crippen molar-refractivity contribution in [1.82, 2.24) is 0 Å². The van der Waals surface area contributed by atoms with Gasteiger partial charge in [0.1, 0.15) is 5.75 Å². The minimum atomic E-state index is -0.676. The maximum atomic E-state index is 12.5. The molecule has 0 saturated carbocycles. The number of anilines is 1. The van der Waals surface area contributed by atoms with E-state index in [4.69, 9.17) is 4.74 Å². The number of aryl methyl sites for hydroxylation is 2. The van der Waals surface area contributed by atoms with Gasteiger partial charge in [-0.05, 0) is 37.5 Å². The zero-order valence-electron chi connectivity index (χ0n) is 13.9. The van der Waals surface area contributed by atoms with Crippen molar-refractivity contribution < 1.29 is 14.5 Å². The molecule has 24 heavy (non-hydrogen) atoms. The Morgan fingerprint density at radius 3 is 2.54 bits per heavy atom. The summed E-state index contributed by atoms with van der Waals surface area (Å²) in [6, 6.07) is 11.8. The van der Waals surface area contributed by atoms with Crippen molar-refractivity contribution in [2.75, 3.05) is 5.32 Å². The fourth-order valence-electron chi connectivity index (χ4n) is 2.24. The van der Waals surface area contributed by atoms with Gasteiger partial charge in [-0.15, -0.1) is 0 Å². The lowest BCUT2D eigenvalue weighted by Crippen LogP contribution is -2.32. The molecule has 0 aliphatic heterocycles. The van der Waals surface area contributed by atoms with Gasteiger partial charge in [-0.3, -0.25) is 14.9 Å². The summed E-state index contributed by atoms with van der Waals surface area (Å²) in [5.74, 6) is 0.319. The number of ether oxygens (including phenoxy) is 1. The monoisotopic (exact) mass is 328 g/mol. The standard InChI is InChI=1S/C18H20N2O4/c1-4-16(24-17-8-6-5-7-13(17)3)18(21)19-15-11-14(20(22)23)10-9-12(15)2/h5-11,16H,4H2,1-3H3,(H,19,21)/t16-/m0/s1. The number of benzene rings is 2. The van der Waals surface area contributed by atoms with Crippen LogP contribution in [0.2, 0.25) is 0 Å². The highest BCUT2D eigenvalue weighted by molar-refractivity contribution is 5.95. The number of amides is 1. The highest BCUT2D eigenvalue weighted by Crippen LogP contribution is 2.23. The Balaban J connectivity index is 2.16. The highest BCUT2D eigenvalue weighted by atomic mass is 16.6. The summed E-state index contributed by atoms with van der Waals surface area (Å²) >= 11 is 0. The molecule has 2 rings (SSSR count). The van der Waals surface area contributed by atoms with E-state index >= 15 is 0 Å². The van der Waals surface area contributed by atoms with Crippen LogP contribution in [0.15, 0.2) is 42.5 Å². The van der Waals surface area contributed by atoms with E-state index in [1.807, 2.05) is 38.1 Å². The summed E-state index contributed by atoms with van der Waals surface area (Å²) in [5.41, 5.74) is 2.04.